The van der Waals surface area contributed by atoms with Crippen molar-refractivity contribution in [2.45, 2.75) is 0 Å². The van der Waals surface area contributed by atoms with E-state index in [1.54, 1.807) is 0 Å². The highest BCUT2D eigenvalue weighted by molar-refractivity contribution is 7.30. The standard InChI is InChI=1S/C16H8S3/c1-2-4-12-9(3-1)13-10-5-7-17-15(10)16-11(6-8-18-16)14(13)19-12/h1-8H. The van der Waals surface area contributed by atoms with Crippen molar-refractivity contribution in [1.82, 2.24) is 0 Å². The lowest BCUT2D eigenvalue weighted by Crippen LogP contribution is -1.69. The van der Waals surface area contributed by atoms with Crippen LogP contribution in [0, 0.1) is 0 Å². The highest BCUT2D eigenvalue weighted by Crippen LogP contribution is 2.46. The molecule has 3 aromatic heterocycles. The van der Waals surface area contributed by atoms with Crippen LogP contribution >= 0.6 is 34.0 Å². The zero-order chi connectivity index (χ0) is 12.4. The van der Waals surface area contributed by atoms with Gasteiger partial charge >= 0.3 is 0 Å². The molecule has 3 heteroatoms. The van der Waals surface area contributed by atoms with Crippen LogP contribution in [0.5, 0.6) is 0 Å². The van der Waals surface area contributed by atoms with Crippen LogP contribution in [0.4, 0.5) is 0 Å². The van der Waals surface area contributed by atoms with Gasteiger partial charge < -0.3 is 0 Å². The Morgan fingerprint density at radius 1 is 0.632 bits per heavy atom. The van der Waals surface area contributed by atoms with Crippen molar-refractivity contribution in [3.8, 4) is 0 Å². The lowest BCUT2D eigenvalue weighted by atomic mass is 10.1. The van der Waals surface area contributed by atoms with Crippen LogP contribution in [-0.4, -0.2) is 0 Å². The summed E-state index contributed by atoms with van der Waals surface area (Å²) in [6.07, 6.45) is 0. The largest absolute Gasteiger partial charge is 0.142 e. The van der Waals surface area contributed by atoms with Gasteiger partial charge in [0.1, 0.15) is 0 Å². The maximum Gasteiger partial charge on any atom is 0.0535 e. The van der Waals surface area contributed by atoms with Gasteiger partial charge in [0.15, 0.2) is 0 Å². The van der Waals surface area contributed by atoms with E-state index >= 15 is 0 Å². The number of fused-ring (bicyclic) bond motifs is 8. The minimum Gasteiger partial charge on any atom is -0.142 e. The Hall–Kier alpha value is -1.42. The molecule has 0 aliphatic carbocycles. The van der Waals surface area contributed by atoms with Gasteiger partial charge in [-0.1, -0.05) is 18.2 Å². The zero-order valence-corrected chi connectivity index (χ0v) is 12.3. The van der Waals surface area contributed by atoms with Crippen LogP contribution in [0.2, 0.25) is 0 Å². The first kappa shape index (κ1) is 10.4. The van der Waals surface area contributed by atoms with E-state index in [1.165, 1.54) is 40.3 Å². The van der Waals surface area contributed by atoms with Crippen molar-refractivity contribution in [2.75, 3.05) is 0 Å². The molecule has 0 radical (unpaired) electrons. The lowest BCUT2D eigenvalue weighted by molar-refractivity contribution is 1.87. The molecule has 0 unspecified atom stereocenters. The molecule has 19 heavy (non-hydrogen) atoms. The molecule has 0 bridgehead atoms. The van der Waals surface area contributed by atoms with Crippen LogP contribution < -0.4 is 0 Å². The number of benzene rings is 2. The molecule has 2 aromatic carbocycles. The number of hydrogen-bond acceptors (Lipinski definition) is 3. The van der Waals surface area contributed by atoms with Gasteiger partial charge in [-0.15, -0.1) is 34.0 Å². The summed E-state index contributed by atoms with van der Waals surface area (Å²) in [4.78, 5) is 0. The minimum atomic E-state index is 1.39. The fraction of sp³-hybridized carbons (Fsp3) is 0. The Bertz CT molecular complexity index is 1060. The van der Waals surface area contributed by atoms with Gasteiger partial charge in [-0.2, -0.15) is 0 Å². The lowest BCUT2D eigenvalue weighted by Gasteiger charge is -1.98. The Morgan fingerprint density at radius 2 is 1.37 bits per heavy atom. The van der Waals surface area contributed by atoms with Gasteiger partial charge in [-0.3, -0.25) is 0 Å². The average Bonchev–Trinajstić information content (AvgIpc) is 3.14. The van der Waals surface area contributed by atoms with Crippen molar-refractivity contribution in [1.29, 1.82) is 0 Å². The molecule has 0 aliphatic rings. The highest BCUT2D eigenvalue weighted by atomic mass is 32.1. The molecule has 3 heterocycles. The van der Waals surface area contributed by atoms with Gasteiger partial charge in [0.05, 0.1) is 9.40 Å². The van der Waals surface area contributed by atoms with E-state index in [0.717, 1.165) is 0 Å². The number of thiophene rings is 3. The van der Waals surface area contributed by atoms with Gasteiger partial charge in [0.2, 0.25) is 0 Å². The summed E-state index contributed by atoms with van der Waals surface area (Å²) in [6.45, 7) is 0. The van der Waals surface area contributed by atoms with Crippen LogP contribution in [0.15, 0.2) is 47.2 Å². The minimum absolute atomic E-state index is 1.39. The van der Waals surface area contributed by atoms with Crippen LogP contribution in [0.25, 0.3) is 40.3 Å². The van der Waals surface area contributed by atoms with Gasteiger partial charge in [0, 0.05) is 30.9 Å². The molecule has 0 atom stereocenters. The normalized spacial score (nSPS) is 12.2. The maximum atomic E-state index is 2.28. The quantitative estimate of drug-likeness (QED) is 0.306. The van der Waals surface area contributed by atoms with E-state index in [4.69, 9.17) is 0 Å². The second-order valence-electron chi connectivity index (χ2n) is 4.63. The predicted molar refractivity (Wildman–Crippen MR) is 90.1 cm³/mol. The first-order valence-electron chi connectivity index (χ1n) is 6.11. The summed E-state index contributed by atoms with van der Waals surface area (Å²) in [6, 6.07) is 13.3. The second kappa shape index (κ2) is 3.57. The van der Waals surface area contributed by atoms with Crippen LogP contribution in [0.1, 0.15) is 0 Å². The summed E-state index contributed by atoms with van der Waals surface area (Å²) in [5.74, 6) is 0. The summed E-state index contributed by atoms with van der Waals surface area (Å²) in [5.41, 5.74) is 0. The van der Waals surface area contributed by atoms with Gasteiger partial charge in [-0.05, 0) is 29.0 Å². The third kappa shape index (κ3) is 1.23. The predicted octanol–water partition coefficient (Wildman–Crippen LogP) is 6.48. The van der Waals surface area contributed by atoms with Crippen LogP contribution in [-0.2, 0) is 0 Å². The van der Waals surface area contributed by atoms with Crippen molar-refractivity contribution in [3.63, 3.8) is 0 Å². The summed E-state index contributed by atoms with van der Waals surface area (Å²) in [7, 11) is 0. The first-order valence-corrected chi connectivity index (χ1v) is 8.69. The molecule has 90 valence electrons. The second-order valence-corrected chi connectivity index (χ2v) is 7.51. The van der Waals surface area contributed by atoms with Crippen molar-refractivity contribution in [2.24, 2.45) is 0 Å². The van der Waals surface area contributed by atoms with Crippen LogP contribution in [0.3, 0.4) is 0 Å². The maximum absolute atomic E-state index is 2.28. The Labute approximate surface area is 121 Å². The van der Waals surface area contributed by atoms with Gasteiger partial charge in [0.25, 0.3) is 0 Å². The summed E-state index contributed by atoms with van der Waals surface area (Å²) >= 11 is 5.65. The molecule has 0 nitrogen and oxygen atoms in total. The molecular weight excluding hydrogens is 288 g/mol. The van der Waals surface area contributed by atoms with Gasteiger partial charge in [-0.25, -0.2) is 0 Å². The highest BCUT2D eigenvalue weighted by Gasteiger charge is 2.14. The summed E-state index contributed by atoms with van der Waals surface area (Å²) in [5, 5.41) is 10.1. The fourth-order valence-electron chi connectivity index (χ4n) is 2.85. The van der Waals surface area contributed by atoms with E-state index in [2.05, 4.69) is 47.2 Å². The monoisotopic (exact) mass is 296 g/mol. The Morgan fingerprint density at radius 3 is 2.26 bits per heavy atom. The third-order valence-corrected chi connectivity index (χ3v) is 6.84. The molecule has 0 spiro atoms. The van der Waals surface area contributed by atoms with Crippen molar-refractivity contribution >= 4 is 74.4 Å². The molecule has 0 N–H and O–H groups in total. The molecule has 5 rings (SSSR count). The molecule has 0 aliphatic heterocycles. The molecule has 5 aromatic rings. The molecule has 0 amide bonds. The molecular formula is C16H8S3. The third-order valence-electron chi connectivity index (χ3n) is 3.65. The number of hydrogen-bond donors (Lipinski definition) is 0. The molecule has 0 saturated heterocycles. The van der Waals surface area contributed by atoms with Crippen molar-refractivity contribution in [3.05, 3.63) is 47.2 Å². The van der Waals surface area contributed by atoms with Crippen molar-refractivity contribution < 1.29 is 0 Å². The van der Waals surface area contributed by atoms with E-state index < -0.39 is 0 Å². The summed E-state index contributed by atoms with van der Waals surface area (Å²) < 4.78 is 5.73. The molecule has 0 fully saturated rings. The van der Waals surface area contributed by atoms with E-state index in [-0.39, 0.29) is 0 Å². The van der Waals surface area contributed by atoms with E-state index in [0.29, 0.717) is 0 Å². The Balaban J connectivity index is 2.29. The first-order chi connectivity index (χ1) is 9.43. The fourth-order valence-corrected chi connectivity index (χ4v) is 6.16. The number of rotatable bonds is 0. The van der Waals surface area contributed by atoms with E-state index in [9.17, 15) is 0 Å². The van der Waals surface area contributed by atoms with E-state index in [1.807, 2.05) is 34.0 Å². The zero-order valence-electron chi connectivity index (χ0n) is 9.84. The smallest absolute Gasteiger partial charge is 0.0535 e. The topological polar surface area (TPSA) is 0 Å². The average molecular weight is 296 g/mol. The molecule has 0 saturated carbocycles. The SMILES string of the molecule is c1ccc2c(c1)sc1c3ccsc3c3sccc3c21. The Kier molecular flexibility index (Phi) is 1.95.